The third-order valence-corrected chi connectivity index (χ3v) is 6.32. The van der Waals surface area contributed by atoms with E-state index in [2.05, 4.69) is 4.99 Å². The number of benzene rings is 2. The first-order valence-corrected chi connectivity index (χ1v) is 11.3. The fraction of sp³-hybridized carbons (Fsp3) is 0.174. The van der Waals surface area contributed by atoms with Gasteiger partial charge in [0.1, 0.15) is 11.5 Å². The van der Waals surface area contributed by atoms with Crippen LogP contribution in [0.2, 0.25) is 5.02 Å². The maximum atomic E-state index is 14.1. The van der Waals surface area contributed by atoms with Gasteiger partial charge in [0, 0.05) is 16.7 Å². The number of phenols is 2. The third kappa shape index (κ3) is 4.69. The first kappa shape index (κ1) is 24.6. The van der Waals surface area contributed by atoms with Crippen LogP contribution in [0, 0.1) is 0 Å². The zero-order valence-corrected chi connectivity index (χ0v) is 19.4. The Bertz CT molecular complexity index is 1520. The molecule has 0 saturated carbocycles. The summed E-state index contributed by atoms with van der Waals surface area (Å²) in [6, 6.07) is 7.86. The van der Waals surface area contributed by atoms with Gasteiger partial charge in [-0.2, -0.15) is 13.2 Å². The molecule has 0 aliphatic carbocycles. The van der Waals surface area contributed by atoms with Gasteiger partial charge in [-0.1, -0.05) is 35.1 Å². The van der Waals surface area contributed by atoms with Crippen molar-refractivity contribution in [2.45, 2.75) is 19.1 Å². The monoisotopic (exact) mass is 524 g/mol. The Morgan fingerprint density at radius 3 is 2.51 bits per heavy atom. The van der Waals surface area contributed by atoms with Crippen molar-refractivity contribution in [1.29, 1.82) is 0 Å². The molecule has 0 radical (unpaired) electrons. The molecule has 0 unspecified atom stereocenters. The summed E-state index contributed by atoms with van der Waals surface area (Å²) < 4.78 is 48.0. The van der Waals surface area contributed by atoms with Crippen LogP contribution < -0.4 is 14.9 Å². The average Bonchev–Trinajstić information content (AvgIpc) is 3.10. The van der Waals surface area contributed by atoms with Crippen LogP contribution in [0.4, 0.5) is 13.2 Å². The Kier molecular flexibility index (Phi) is 6.48. The molecule has 0 fully saturated rings. The smallest absolute Gasteiger partial charge is 0.434 e. The highest BCUT2D eigenvalue weighted by molar-refractivity contribution is 7.07. The van der Waals surface area contributed by atoms with Crippen molar-refractivity contribution < 1.29 is 32.9 Å². The number of esters is 1. The molecule has 4 rings (SSSR count). The van der Waals surface area contributed by atoms with Gasteiger partial charge >= 0.3 is 12.1 Å². The molecule has 0 bridgehead atoms. The number of ether oxygens (including phenoxy) is 1. The topological polar surface area (TPSA) is 101 Å². The SMILES string of the molecule is CCOC(=O)C1=C(C(F)(F)F)N=c2s/c(=C/c3ccc(O)cc3O)c(=O)n2[C@@H]1c1ccc(Cl)cc1. The van der Waals surface area contributed by atoms with Crippen LogP contribution in [0.5, 0.6) is 11.5 Å². The van der Waals surface area contributed by atoms with E-state index >= 15 is 0 Å². The van der Waals surface area contributed by atoms with E-state index in [9.17, 15) is 33.0 Å². The molecule has 2 N–H and O–H groups in total. The average molecular weight is 525 g/mol. The van der Waals surface area contributed by atoms with Crippen molar-refractivity contribution >= 4 is 35.0 Å². The number of aromatic nitrogens is 1. The number of nitrogens with zero attached hydrogens (tertiary/aromatic N) is 2. The number of alkyl halides is 3. The van der Waals surface area contributed by atoms with E-state index in [0.29, 0.717) is 16.4 Å². The third-order valence-electron chi connectivity index (χ3n) is 5.08. The minimum Gasteiger partial charge on any atom is -0.508 e. The van der Waals surface area contributed by atoms with Crippen molar-refractivity contribution in [3.8, 4) is 11.5 Å². The van der Waals surface area contributed by atoms with E-state index in [1.807, 2.05) is 0 Å². The highest BCUT2D eigenvalue weighted by atomic mass is 35.5. The summed E-state index contributed by atoms with van der Waals surface area (Å²) in [5.41, 5.74) is -2.68. The van der Waals surface area contributed by atoms with Crippen LogP contribution in [0.15, 0.2) is 63.5 Å². The first-order chi connectivity index (χ1) is 16.5. The number of aromatic hydroxyl groups is 2. The molecule has 182 valence electrons. The number of carbonyl (C=O) groups excluding carboxylic acids is 1. The van der Waals surface area contributed by atoms with Gasteiger partial charge in [0.25, 0.3) is 5.56 Å². The summed E-state index contributed by atoms with van der Waals surface area (Å²) in [6.07, 6.45) is -3.75. The lowest BCUT2D eigenvalue weighted by Gasteiger charge is -2.26. The first-order valence-electron chi connectivity index (χ1n) is 10.1. The van der Waals surface area contributed by atoms with E-state index < -0.39 is 35.0 Å². The zero-order chi connectivity index (χ0) is 25.5. The van der Waals surface area contributed by atoms with Crippen molar-refractivity contribution in [2.24, 2.45) is 4.99 Å². The van der Waals surface area contributed by atoms with E-state index in [1.54, 1.807) is 0 Å². The Labute approximate surface area is 204 Å². The van der Waals surface area contributed by atoms with E-state index in [1.165, 1.54) is 49.4 Å². The van der Waals surface area contributed by atoms with E-state index in [0.717, 1.165) is 10.6 Å². The maximum Gasteiger partial charge on any atom is 0.434 e. The standard InChI is InChI=1S/C23H16ClF3N2O5S/c1-2-34-21(33)17-18(11-3-6-13(24)7-4-11)29-20(32)16(9-12-5-8-14(30)10-15(12)31)35-22(29)28-19(17)23(25,26)27/h3-10,18,30-31H,2H2,1H3/b16-9+/t18-/m1/s1. The van der Waals surface area contributed by atoms with E-state index in [4.69, 9.17) is 16.3 Å². The summed E-state index contributed by atoms with van der Waals surface area (Å²) in [7, 11) is 0. The second-order valence-corrected chi connectivity index (χ2v) is 8.80. The van der Waals surface area contributed by atoms with Crippen LogP contribution in [0.3, 0.4) is 0 Å². The van der Waals surface area contributed by atoms with Gasteiger partial charge in [0.05, 0.1) is 22.8 Å². The molecule has 2 aromatic carbocycles. The predicted octanol–water partition coefficient (Wildman–Crippen LogP) is 3.41. The van der Waals surface area contributed by atoms with Crippen molar-refractivity contribution in [3.63, 3.8) is 0 Å². The lowest BCUT2D eigenvalue weighted by atomic mass is 9.95. The molecule has 0 spiro atoms. The maximum absolute atomic E-state index is 14.1. The van der Waals surface area contributed by atoms with Crippen LogP contribution in [0.25, 0.3) is 6.08 Å². The number of thiazole rings is 1. The molecule has 3 aromatic rings. The number of hydrogen-bond acceptors (Lipinski definition) is 7. The Balaban J connectivity index is 2.05. The summed E-state index contributed by atoms with van der Waals surface area (Å²) in [5.74, 6) is -1.81. The number of rotatable bonds is 4. The normalized spacial score (nSPS) is 16.1. The Morgan fingerprint density at radius 2 is 1.91 bits per heavy atom. The largest absolute Gasteiger partial charge is 0.508 e. The molecule has 2 heterocycles. The van der Waals surface area contributed by atoms with Gasteiger partial charge in [-0.15, -0.1) is 0 Å². The van der Waals surface area contributed by atoms with Crippen LogP contribution in [0.1, 0.15) is 24.1 Å². The number of carbonyl (C=O) groups is 1. The van der Waals surface area contributed by atoms with Gasteiger partial charge in [0.2, 0.25) is 0 Å². The van der Waals surface area contributed by atoms with Crippen LogP contribution in [-0.4, -0.2) is 33.5 Å². The van der Waals surface area contributed by atoms with E-state index in [-0.39, 0.29) is 38.6 Å². The fourth-order valence-corrected chi connectivity index (χ4v) is 4.71. The van der Waals surface area contributed by atoms with Gasteiger partial charge in [-0.3, -0.25) is 9.36 Å². The second-order valence-electron chi connectivity index (χ2n) is 7.36. The molecule has 0 saturated heterocycles. The zero-order valence-electron chi connectivity index (χ0n) is 17.8. The molecule has 35 heavy (non-hydrogen) atoms. The molecule has 7 nitrogen and oxygen atoms in total. The van der Waals surface area contributed by atoms with Crippen LogP contribution >= 0.6 is 22.9 Å². The van der Waals surface area contributed by atoms with Gasteiger partial charge in [-0.25, -0.2) is 9.79 Å². The fourth-order valence-electron chi connectivity index (χ4n) is 3.60. The molecule has 1 aromatic heterocycles. The quantitative estimate of drug-likeness (QED) is 0.509. The van der Waals surface area contributed by atoms with Gasteiger partial charge in [0.15, 0.2) is 10.5 Å². The highest BCUT2D eigenvalue weighted by Gasteiger charge is 2.45. The Hall–Kier alpha value is -3.57. The van der Waals surface area contributed by atoms with Gasteiger partial charge < -0.3 is 14.9 Å². The molecule has 1 aliphatic rings. The summed E-state index contributed by atoms with van der Waals surface area (Å²) in [5, 5.41) is 19.9. The van der Waals surface area contributed by atoms with Crippen LogP contribution in [-0.2, 0) is 9.53 Å². The predicted molar refractivity (Wildman–Crippen MR) is 122 cm³/mol. The molecule has 1 aliphatic heterocycles. The van der Waals surface area contributed by atoms with Crippen molar-refractivity contribution in [2.75, 3.05) is 6.61 Å². The molecule has 0 amide bonds. The molecular weight excluding hydrogens is 509 g/mol. The van der Waals surface area contributed by atoms with Crippen molar-refractivity contribution in [3.05, 3.63) is 89.6 Å². The lowest BCUT2D eigenvalue weighted by Crippen LogP contribution is -2.41. The lowest BCUT2D eigenvalue weighted by molar-refractivity contribution is -0.140. The Morgan fingerprint density at radius 1 is 1.23 bits per heavy atom. The molecular formula is C23H16ClF3N2O5S. The van der Waals surface area contributed by atoms with Crippen molar-refractivity contribution in [1.82, 2.24) is 4.57 Å². The number of fused-ring (bicyclic) bond motifs is 1. The second kappa shape index (κ2) is 9.23. The molecule has 1 atom stereocenters. The van der Waals surface area contributed by atoms with Gasteiger partial charge in [-0.05, 0) is 42.8 Å². The number of allylic oxidation sites excluding steroid dienone is 1. The minimum atomic E-state index is -5.02. The summed E-state index contributed by atoms with van der Waals surface area (Å²) >= 11 is 6.60. The summed E-state index contributed by atoms with van der Waals surface area (Å²) in [6.45, 7) is 1.26. The minimum absolute atomic E-state index is 0.0460. The number of hydrogen-bond donors (Lipinski definition) is 2. The summed E-state index contributed by atoms with van der Waals surface area (Å²) in [4.78, 5) is 29.5. The number of phenolic OH excluding ortho intramolecular Hbond substituents is 2. The highest BCUT2D eigenvalue weighted by Crippen LogP contribution is 2.38. The number of halogens is 4. The molecule has 12 heteroatoms.